The summed E-state index contributed by atoms with van der Waals surface area (Å²) in [7, 11) is 0. The van der Waals surface area contributed by atoms with Gasteiger partial charge in [-0.15, -0.1) is 0 Å². The first-order valence-corrected chi connectivity index (χ1v) is 8.77. The van der Waals surface area contributed by atoms with Crippen LogP contribution in [0.2, 0.25) is 0 Å². The van der Waals surface area contributed by atoms with E-state index >= 15 is 0 Å². The van der Waals surface area contributed by atoms with Crippen LogP contribution in [0.1, 0.15) is 43.0 Å². The molecule has 2 aromatic rings. The van der Waals surface area contributed by atoms with Gasteiger partial charge < -0.3 is 10.6 Å². The summed E-state index contributed by atoms with van der Waals surface area (Å²) in [5.74, 6) is 0.289. The summed E-state index contributed by atoms with van der Waals surface area (Å²) in [5, 5.41) is 5.94. The molecule has 1 saturated carbocycles. The number of rotatable bonds is 8. The van der Waals surface area contributed by atoms with Crippen molar-refractivity contribution in [2.75, 3.05) is 6.54 Å². The number of carbonyl (C=O) groups is 2. The van der Waals surface area contributed by atoms with Gasteiger partial charge in [0.15, 0.2) is 0 Å². The minimum atomic E-state index is -0.268. The zero-order valence-electron chi connectivity index (χ0n) is 14.2. The Labute approximate surface area is 147 Å². The van der Waals surface area contributed by atoms with Crippen molar-refractivity contribution in [2.45, 2.75) is 31.7 Å². The molecule has 130 valence electrons. The average molecular weight is 337 g/mol. The fourth-order valence-electron chi connectivity index (χ4n) is 2.70. The molecule has 1 aromatic heterocycles. The first kappa shape index (κ1) is 17.1. The van der Waals surface area contributed by atoms with Crippen LogP contribution in [0.5, 0.6) is 0 Å². The van der Waals surface area contributed by atoms with E-state index in [0.717, 1.165) is 24.1 Å². The van der Waals surface area contributed by atoms with Gasteiger partial charge in [0.1, 0.15) is 0 Å². The van der Waals surface area contributed by atoms with Gasteiger partial charge in [0, 0.05) is 25.1 Å². The summed E-state index contributed by atoms with van der Waals surface area (Å²) >= 11 is 0. The molecule has 2 amide bonds. The van der Waals surface area contributed by atoms with Crippen LogP contribution >= 0.6 is 0 Å². The Kier molecular flexibility index (Phi) is 5.77. The Bertz CT molecular complexity index is 660. The van der Waals surface area contributed by atoms with Gasteiger partial charge in [0.25, 0.3) is 0 Å². The molecular formula is C20H23N3O2. The number of carbonyl (C=O) groups excluding carboxylic acids is 2. The third-order valence-electron chi connectivity index (χ3n) is 4.25. The lowest BCUT2D eigenvalue weighted by molar-refractivity contribution is -0.123. The van der Waals surface area contributed by atoms with Crippen molar-refractivity contribution in [3.8, 4) is 0 Å². The molecule has 1 aliphatic rings. The third kappa shape index (κ3) is 5.14. The van der Waals surface area contributed by atoms with Crippen LogP contribution in [0.4, 0.5) is 0 Å². The number of nitrogens with zero attached hydrogens (tertiary/aromatic N) is 1. The lowest BCUT2D eigenvalue weighted by Gasteiger charge is -2.19. The largest absolute Gasteiger partial charge is 0.356 e. The lowest BCUT2D eigenvalue weighted by Crippen LogP contribution is -2.31. The molecule has 1 heterocycles. The Morgan fingerprint density at radius 2 is 1.84 bits per heavy atom. The van der Waals surface area contributed by atoms with Crippen molar-refractivity contribution in [1.29, 1.82) is 0 Å². The Hall–Kier alpha value is -2.69. The molecule has 1 fully saturated rings. The van der Waals surface area contributed by atoms with E-state index in [2.05, 4.69) is 15.6 Å². The molecule has 5 nitrogen and oxygen atoms in total. The third-order valence-corrected chi connectivity index (χ3v) is 4.25. The predicted molar refractivity (Wildman–Crippen MR) is 95.6 cm³/mol. The minimum absolute atomic E-state index is 0.0415. The van der Waals surface area contributed by atoms with Crippen LogP contribution in [0.25, 0.3) is 0 Å². The van der Waals surface area contributed by atoms with Crippen molar-refractivity contribution >= 4 is 11.8 Å². The zero-order chi connectivity index (χ0) is 17.5. The van der Waals surface area contributed by atoms with Gasteiger partial charge >= 0.3 is 0 Å². The van der Waals surface area contributed by atoms with Crippen LogP contribution in [-0.2, 0) is 9.59 Å². The van der Waals surface area contributed by atoms with Gasteiger partial charge in [-0.25, -0.2) is 0 Å². The molecule has 1 aliphatic carbocycles. The Morgan fingerprint density at radius 3 is 2.52 bits per heavy atom. The molecular weight excluding hydrogens is 314 g/mol. The van der Waals surface area contributed by atoms with Crippen LogP contribution in [0, 0.1) is 5.92 Å². The number of hydrogen-bond acceptors (Lipinski definition) is 3. The van der Waals surface area contributed by atoms with E-state index in [4.69, 9.17) is 0 Å². The molecule has 0 bridgehead atoms. The Balaban J connectivity index is 1.54. The Morgan fingerprint density at radius 1 is 1.08 bits per heavy atom. The fourth-order valence-corrected chi connectivity index (χ4v) is 2.70. The van der Waals surface area contributed by atoms with E-state index in [1.165, 1.54) is 0 Å². The normalized spacial score (nSPS) is 14.6. The first-order chi connectivity index (χ1) is 12.2. The molecule has 1 aromatic carbocycles. The maximum Gasteiger partial charge on any atom is 0.223 e. The maximum absolute atomic E-state index is 12.3. The van der Waals surface area contributed by atoms with E-state index in [-0.39, 0.29) is 23.8 Å². The number of hydrogen-bond donors (Lipinski definition) is 2. The number of benzene rings is 1. The number of aromatic nitrogens is 1. The van der Waals surface area contributed by atoms with Crippen molar-refractivity contribution < 1.29 is 9.59 Å². The molecule has 3 rings (SSSR count). The quantitative estimate of drug-likeness (QED) is 0.727. The van der Waals surface area contributed by atoms with Crippen LogP contribution < -0.4 is 10.6 Å². The molecule has 25 heavy (non-hydrogen) atoms. The molecule has 0 spiro atoms. The van der Waals surface area contributed by atoms with Crippen LogP contribution in [-0.4, -0.2) is 23.3 Å². The van der Waals surface area contributed by atoms with Crippen LogP contribution in [0.15, 0.2) is 54.7 Å². The van der Waals surface area contributed by atoms with Gasteiger partial charge in [-0.05, 0) is 37.0 Å². The summed E-state index contributed by atoms with van der Waals surface area (Å²) < 4.78 is 0. The highest BCUT2D eigenvalue weighted by atomic mass is 16.2. The second-order valence-corrected chi connectivity index (χ2v) is 6.33. The summed E-state index contributed by atoms with van der Waals surface area (Å²) in [6, 6.07) is 15.2. The SMILES string of the molecule is O=C(CCCNC(=O)C1CC1)NC(c1ccccc1)c1ccccn1. The smallest absolute Gasteiger partial charge is 0.223 e. The minimum Gasteiger partial charge on any atom is -0.356 e. The summed E-state index contributed by atoms with van der Waals surface area (Å²) in [6.07, 6.45) is 4.73. The van der Waals surface area contributed by atoms with E-state index in [0.29, 0.717) is 19.4 Å². The van der Waals surface area contributed by atoms with Crippen molar-refractivity contribution in [1.82, 2.24) is 15.6 Å². The molecule has 0 radical (unpaired) electrons. The average Bonchev–Trinajstić information content (AvgIpc) is 3.50. The molecule has 5 heteroatoms. The van der Waals surface area contributed by atoms with E-state index in [1.54, 1.807) is 6.20 Å². The standard InChI is InChI=1S/C20H23N3O2/c24-18(10-6-14-22-20(25)16-11-12-16)23-19(15-7-2-1-3-8-15)17-9-4-5-13-21-17/h1-5,7-9,13,16,19H,6,10-12,14H2,(H,22,25)(H,23,24). The van der Waals surface area contributed by atoms with E-state index in [9.17, 15) is 9.59 Å². The van der Waals surface area contributed by atoms with Gasteiger partial charge in [0.2, 0.25) is 11.8 Å². The van der Waals surface area contributed by atoms with Crippen LogP contribution in [0.3, 0.4) is 0 Å². The second-order valence-electron chi connectivity index (χ2n) is 6.33. The van der Waals surface area contributed by atoms with Gasteiger partial charge in [-0.1, -0.05) is 36.4 Å². The van der Waals surface area contributed by atoms with E-state index < -0.39 is 0 Å². The molecule has 0 saturated heterocycles. The highest BCUT2D eigenvalue weighted by molar-refractivity contribution is 5.81. The molecule has 0 aliphatic heterocycles. The van der Waals surface area contributed by atoms with Gasteiger partial charge in [0.05, 0.1) is 11.7 Å². The summed E-state index contributed by atoms with van der Waals surface area (Å²) in [6.45, 7) is 0.544. The van der Waals surface area contributed by atoms with Crippen molar-refractivity contribution in [2.24, 2.45) is 5.92 Å². The van der Waals surface area contributed by atoms with Gasteiger partial charge in [-0.2, -0.15) is 0 Å². The number of pyridine rings is 1. The number of amides is 2. The first-order valence-electron chi connectivity index (χ1n) is 8.77. The van der Waals surface area contributed by atoms with Gasteiger partial charge in [-0.3, -0.25) is 14.6 Å². The number of nitrogens with one attached hydrogen (secondary N) is 2. The molecule has 1 unspecified atom stereocenters. The topological polar surface area (TPSA) is 71.1 Å². The second kappa shape index (κ2) is 8.42. The maximum atomic E-state index is 12.3. The highest BCUT2D eigenvalue weighted by Gasteiger charge is 2.29. The lowest BCUT2D eigenvalue weighted by atomic mass is 10.0. The zero-order valence-corrected chi connectivity index (χ0v) is 14.2. The highest BCUT2D eigenvalue weighted by Crippen LogP contribution is 2.28. The fraction of sp³-hybridized carbons (Fsp3) is 0.350. The monoisotopic (exact) mass is 337 g/mol. The van der Waals surface area contributed by atoms with Crippen molar-refractivity contribution in [3.63, 3.8) is 0 Å². The summed E-state index contributed by atoms with van der Waals surface area (Å²) in [5.41, 5.74) is 1.81. The van der Waals surface area contributed by atoms with E-state index in [1.807, 2.05) is 48.5 Å². The summed E-state index contributed by atoms with van der Waals surface area (Å²) in [4.78, 5) is 28.3. The molecule has 2 N–H and O–H groups in total. The molecule has 1 atom stereocenters. The predicted octanol–water partition coefficient (Wildman–Crippen LogP) is 2.59. The van der Waals surface area contributed by atoms with Crippen molar-refractivity contribution in [3.05, 3.63) is 66.0 Å².